The fourth-order valence-electron chi connectivity index (χ4n) is 1.78. The highest BCUT2D eigenvalue weighted by Gasteiger charge is 2.07. The van der Waals surface area contributed by atoms with Crippen LogP contribution in [0.2, 0.25) is 0 Å². The van der Waals surface area contributed by atoms with Crippen molar-refractivity contribution in [3.05, 3.63) is 41.4 Å². The van der Waals surface area contributed by atoms with Crippen LogP contribution in [0.1, 0.15) is 16.1 Å². The lowest BCUT2D eigenvalue weighted by atomic mass is 10.3. The van der Waals surface area contributed by atoms with E-state index in [1.54, 1.807) is 0 Å². The predicted molar refractivity (Wildman–Crippen MR) is 81.9 cm³/mol. The molecule has 106 valence electrons. The molecule has 2 aromatic rings. The lowest BCUT2D eigenvalue weighted by Crippen LogP contribution is -2.20. The van der Waals surface area contributed by atoms with Gasteiger partial charge in [-0.05, 0) is 18.6 Å². The molecule has 0 radical (unpaired) electrons. The molecule has 1 aromatic carbocycles. The number of carbonyl (C=O) groups is 1. The van der Waals surface area contributed by atoms with Gasteiger partial charge in [-0.15, -0.1) is 0 Å². The zero-order valence-electron chi connectivity index (χ0n) is 11.2. The van der Waals surface area contributed by atoms with Crippen LogP contribution >= 0.6 is 11.3 Å². The quantitative estimate of drug-likeness (QED) is 0.768. The Kier molecular flexibility index (Phi) is 4.95. The number of carboxylic acid groups (broad SMARTS) is 1. The Morgan fingerprint density at radius 3 is 2.80 bits per heavy atom. The average Bonchev–Trinajstić information content (AvgIpc) is 2.93. The van der Waals surface area contributed by atoms with Crippen molar-refractivity contribution < 1.29 is 9.90 Å². The minimum absolute atomic E-state index is 0.258. The number of anilines is 2. The summed E-state index contributed by atoms with van der Waals surface area (Å²) in [5.74, 6) is -0.931. The van der Waals surface area contributed by atoms with Crippen LogP contribution in [0.5, 0.6) is 0 Å². The molecule has 0 fully saturated rings. The van der Waals surface area contributed by atoms with Crippen molar-refractivity contribution in [2.24, 2.45) is 0 Å². The average molecular weight is 291 g/mol. The Labute approximate surface area is 121 Å². The van der Waals surface area contributed by atoms with E-state index in [-0.39, 0.29) is 4.88 Å². The SMILES string of the molecule is CN(CCCNc1ncc(C(=O)O)s1)c1ccccc1. The predicted octanol–water partition coefficient (Wildman–Crippen LogP) is 2.78. The lowest BCUT2D eigenvalue weighted by Gasteiger charge is -2.19. The number of thiazole rings is 1. The van der Waals surface area contributed by atoms with Gasteiger partial charge in [0.1, 0.15) is 4.88 Å². The number of aromatic nitrogens is 1. The summed E-state index contributed by atoms with van der Waals surface area (Å²) in [5, 5.41) is 12.6. The van der Waals surface area contributed by atoms with Gasteiger partial charge in [0.25, 0.3) is 0 Å². The van der Waals surface area contributed by atoms with Crippen LogP contribution in [0.4, 0.5) is 10.8 Å². The minimum Gasteiger partial charge on any atom is -0.477 e. The zero-order chi connectivity index (χ0) is 14.4. The molecule has 1 aromatic heterocycles. The van der Waals surface area contributed by atoms with Crippen LogP contribution in [0.15, 0.2) is 36.5 Å². The van der Waals surface area contributed by atoms with E-state index in [1.165, 1.54) is 11.9 Å². The maximum atomic E-state index is 10.7. The normalized spacial score (nSPS) is 10.2. The van der Waals surface area contributed by atoms with Crippen LogP contribution < -0.4 is 10.2 Å². The third-order valence-corrected chi connectivity index (χ3v) is 3.80. The highest BCUT2D eigenvalue weighted by Crippen LogP contribution is 2.17. The summed E-state index contributed by atoms with van der Waals surface area (Å²) in [4.78, 5) is 17.2. The van der Waals surface area contributed by atoms with E-state index in [1.807, 2.05) is 18.2 Å². The van der Waals surface area contributed by atoms with Crippen molar-refractivity contribution in [1.29, 1.82) is 0 Å². The Morgan fingerprint density at radius 2 is 2.15 bits per heavy atom. The Bertz CT molecular complexity index is 557. The number of carboxylic acids is 1. The maximum absolute atomic E-state index is 10.7. The van der Waals surface area contributed by atoms with E-state index in [2.05, 4.69) is 34.4 Å². The van der Waals surface area contributed by atoms with Crippen LogP contribution in [-0.4, -0.2) is 36.2 Å². The first kappa shape index (κ1) is 14.3. The smallest absolute Gasteiger partial charge is 0.347 e. The molecule has 0 spiro atoms. The van der Waals surface area contributed by atoms with Crippen LogP contribution in [0.25, 0.3) is 0 Å². The largest absolute Gasteiger partial charge is 0.477 e. The summed E-state index contributed by atoms with van der Waals surface area (Å²) in [6.07, 6.45) is 2.33. The lowest BCUT2D eigenvalue weighted by molar-refractivity contribution is 0.0702. The van der Waals surface area contributed by atoms with Gasteiger partial charge >= 0.3 is 5.97 Å². The zero-order valence-corrected chi connectivity index (χ0v) is 12.1. The van der Waals surface area contributed by atoms with Gasteiger partial charge in [-0.25, -0.2) is 9.78 Å². The van der Waals surface area contributed by atoms with Crippen molar-refractivity contribution in [1.82, 2.24) is 4.98 Å². The van der Waals surface area contributed by atoms with Crippen molar-refractivity contribution in [3.63, 3.8) is 0 Å². The molecule has 0 saturated carbocycles. The molecule has 0 aliphatic rings. The molecule has 0 bridgehead atoms. The first-order chi connectivity index (χ1) is 9.66. The van der Waals surface area contributed by atoms with Gasteiger partial charge < -0.3 is 15.3 Å². The molecule has 0 aliphatic heterocycles. The fourth-order valence-corrected chi connectivity index (χ4v) is 2.46. The van der Waals surface area contributed by atoms with Gasteiger partial charge in [-0.2, -0.15) is 0 Å². The molecule has 6 heteroatoms. The molecular weight excluding hydrogens is 274 g/mol. The number of nitrogens with zero attached hydrogens (tertiary/aromatic N) is 2. The van der Waals surface area contributed by atoms with Gasteiger partial charge in [0, 0.05) is 25.8 Å². The molecule has 0 amide bonds. The number of rotatable bonds is 7. The molecule has 0 saturated heterocycles. The van der Waals surface area contributed by atoms with Gasteiger partial charge in [-0.1, -0.05) is 29.5 Å². The van der Waals surface area contributed by atoms with Gasteiger partial charge in [0.2, 0.25) is 0 Å². The van der Waals surface area contributed by atoms with Crippen LogP contribution in [0, 0.1) is 0 Å². The molecule has 2 N–H and O–H groups in total. The van der Waals surface area contributed by atoms with Crippen molar-refractivity contribution in [2.45, 2.75) is 6.42 Å². The topological polar surface area (TPSA) is 65.5 Å². The van der Waals surface area contributed by atoms with E-state index in [9.17, 15) is 4.79 Å². The maximum Gasteiger partial charge on any atom is 0.347 e. The van der Waals surface area contributed by atoms with E-state index in [4.69, 9.17) is 5.11 Å². The fraction of sp³-hybridized carbons (Fsp3) is 0.286. The van der Waals surface area contributed by atoms with Crippen molar-refractivity contribution in [3.8, 4) is 0 Å². The summed E-state index contributed by atoms with van der Waals surface area (Å²) in [6.45, 7) is 1.69. The molecule has 5 nitrogen and oxygen atoms in total. The first-order valence-electron chi connectivity index (χ1n) is 6.36. The molecular formula is C14H17N3O2S. The molecule has 20 heavy (non-hydrogen) atoms. The first-order valence-corrected chi connectivity index (χ1v) is 7.17. The second-order valence-corrected chi connectivity index (χ2v) is 5.40. The molecule has 0 aliphatic carbocycles. The second kappa shape index (κ2) is 6.91. The number of aromatic carboxylic acids is 1. The van der Waals surface area contributed by atoms with Gasteiger partial charge in [-0.3, -0.25) is 0 Å². The number of benzene rings is 1. The van der Waals surface area contributed by atoms with E-state index >= 15 is 0 Å². The Hall–Kier alpha value is -2.08. The molecule has 1 heterocycles. The monoisotopic (exact) mass is 291 g/mol. The van der Waals surface area contributed by atoms with E-state index in [0.717, 1.165) is 30.8 Å². The number of para-hydroxylation sites is 1. The second-order valence-electron chi connectivity index (χ2n) is 4.37. The highest BCUT2D eigenvalue weighted by molar-refractivity contribution is 7.17. The third kappa shape index (κ3) is 3.96. The van der Waals surface area contributed by atoms with E-state index < -0.39 is 5.97 Å². The standard InChI is InChI=1S/C14H17N3O2S/c1-17(11-6-3-2-4-7-11)9-5-8-15-14-16-10-12(20-14)13(18)19/h2-4,6-7,10H,5,8-9H2,1H3,(H,15,16)(H,18,19). The number of nitrogens with one attached hydrogen (secondary N) is 1. The van der Waals surface area contributed by atoms with Gasteiger partial charge in [0.05, 0.1) is 6.20 Å². The number of hydrogen-bond donors (Lipinski definition) is 2. The molecule has 0 atom stereocenters. The van der Waals surface area contributed by atoms with Gasteiger partial charge in [0.15, 0.2) is 5.13 Å². The van der Waals surface area contributed by atoms with E-state index in [0.29, 0.717) is 5.13 Å². The summed E-state index contributed by atoms with van der Waals surface area (Å²) in [5.41, 5.74) is 1.19. The summed E-state index contributed by atoms with van der Waals surface area (Å²) in [7, 11) is 2.06. The summed E-state index contributed by atoms with van der Waals surface area (Å²) in [6, 6.07) is 10.2. The highest BCUT2D eigenvalue weighted by atomic mass is 32.1. The Morgan fingerprint density at radius 1 is 1.40 bits per heavy atom. The Balaban J connectivity index is 1.72. The van der Waals surface area contributed by atoms with Crippen LogP contribution in [-0.2, 0) is 0 Å². The number of hydrogen-bond acceptors (Lipinski definition) is 5. The van der Waals surface area contributed by atoms with Crippen molar-refractivity contribution >= 4 is 28.1 Å². The van der Waals surface area contributed by atoms with Crippen LogP contribution in [0.3, 0.4) is 0 Å². The third-order valence-electron chi connectivity index (χ3n) is 2.86. The van der Waals surface area contributed by atoms with Crippen molar-refractivity contribution in [2.75, 3.05) is 30.4 Å². The summed E-state index contributed by atoms with van der Waals surface area (Å²) < 4.78 is 0. The summed E-state index contributed by atoms with van der Waals surface area (Å²) >= 11 is 1.16. The minimum atomic E-state index is -0.931. The molecule has 0 unspecified atom stereocenters. The molecule has 2 rings (SSSR count).